The number of amides is 1. The molecule has 0 radical (unpaired) electrons. The molecular weight excluding hydrogens is 261 g/mol. The fourth-order valence-corrected chi connectivity index (χ4v) is 2.01. The minimum absolute atomic E-state index is 0.0820. The molecule has 0 atom stereocenters. The molecule has 1 aliphatic carbocycles. The first kappa shape index (κ1) is 14.3. The van der Waals surface area contributed by atoms with E-state index in [1.807, 2.05) is 0 Å². The van der Waals surface area contributed by atoms with Gasteiger partial charge in [-0.15, -0.1) is 0 Å². The minimum atomic E-state index is -0.386. The summed E-state index contributed by atoms with van der Waals surface area (Å²) in [6, 6.07) is 4.66. The monoisotopic (exact) mass is 279 g/mol. The van der Waals surface area contributed by atoms with Gasteiger partial charge in [0.05, 0.1) is 0 Å². The Bertz CT molecular complexity index is 541. The fourth-order valence-electron chi connectivity index (χ4n) is 2.01. The van der Waals surface area contributed by atoms with E-state index in [9.17, 15) is 9.18 Å². The zero-order chi connectivity index (χ0) is 14.7. The highest BCUT2D eigenvalue weighted by molar-refractivity contribution is 5.95. The van der Waals surface area contributed by atoms with E-state index in [0.29, 0.717) is 24.1 Å². The number of rotatable bonds is 5. The van der Waals surface area contributed by atoms with Crippen LogP contribution in [0.15, 0.2) is 23.4 Å². The van der Waals surface area contributed by atoms with Gasteiger partial charge in [-0.3, -0.25) is 4.79 Å². The van der Waals surface area contributed by atoms with Gasteiger partial charge in [0.15, 0.2) is 0 Å². The Balaban J connectivity index is 2.12. The highest BCUT2D eigenvalue weighted by Gasteiger charge is 2.33. The number of nitrogens with zero attached hydrogens (tertiary/aromatic N) is 2. The lowest BCUT2D eigenvalue weighted by Gasteiger charge is -2.22. The third-order valence-corrected chi connectivity index (χ3v) is 3.40. The number of benzene rings is 1. The molecule has 1 amide bonds. The average molecular weight is 279 g/mol. The number of amidine groups is 1. The molecule has 0 saturated heterocycles. The first-order chi connectivity index (χ1) is 9.52. The van der Waals surface area contributed by atoms with Crippen molar-refractivity contribution in [2.75, 3.05) is 6.54 Å². The Morgan fingerprint density at radius 3 is 2.80 bits per heavy atom. The number of hydrogen-bond acceptors (Lipinski definition) is 3. The van der Waals surface area contributed by atoms with Crippen molar-refractivity contribution in [1.82, 2.24) is 4.90 Å². The molecule has 1 fully saturated rings. The average Bonchev–Trinajstić information content (AvgIpc) is 3.26. The van der Waals surface area contributed by atoms with Gasteiger partial charge >= 0.3 is 0 Å². The maximum atomic E-state index is 13.5. The molecule has 0 unspecified atom stereocenters. The summed E-state index contributed by atoms with van der Waals surface area (Å²) in [6.07, 6.45) is 2.18. The summed E-state index contributed by atoms with van der Waals surface area (Å²) in [5.41, 5.74) is 6.27. The third-order valence-electron chi connectivity index (χ3n) is 3.40. The molecule has 1 saturated carbocycles. The molecule has 1 aliphatic rings. The van der Waals surface area contributed by atoms with Gasteiger partial charge in [0.2, 0.25) is 0 Å². The normalized spacial score (nSPS) is 15.2. The second-order valence-electron chi connectivity index (χ2n) is 5.04. The minimum Gasteiger partial charge on any atom is -0.409 e. The highest BCUT2D eigenvalue weighted by atomic mass is 19.1. The van der Waals surface area contributed by atoms with Gasteiger partial charge in [0.1, 0.15) is 11.7 Å². The van der Waals surface area contributed by atoms with Crippen molar-refractivity contribution in [1.29, 1.82) is 0 Å². The summed E-state index contributed by atoms with van der Waals surface area (Å²) in [6.45, 7) is 2.02. The summed E-state index contributed by atoms with van der Waals surface area (Å²) in [5.74, 6) is -0.515. The van der Waals surface area contributed by atoms with E-state index < -0.39 is 0 Å². The predicted octanol–water partition coefficient (Wildman–Crippen LogP) is 1.88. The van der Waals surface area contributed by atoms with Crippen LogP contribution in [0.25, 0.3) is 0 Å². The van der Waals surface area contributed by atoms with E-state index in [1.165, 1.54) is 6.07 Å². The van der Waals surface area contributed by atoms with E-state index in [0.717, 1.165) is 12.8 Å². The SMILES string of the molecule is Cc1ccc(C(=O)N(CCC(N)=NO)C2CC2)cc1F. The summed E-state index contributed by atoms with van der Waals surface area (Å²) in [5, 5.41) is 11.4. The van der Waals surface area contributed by atoms with E-state index >= 15 is 0 Å². The maximum Gasteiger partial charge on any atom is 0.254 e. The molecule has 0 heterocycles. The van der Waals surface area contributed by atoms with Crippen LogP contribution >= 0.6 is 0 Å². The number of nitrogens with two attached hydrogens (primary N) is 1. The highest BCUT2D eigenvalue weighted by Crippen LogP contribution is 2.28. The van der Waals surface area contributed by atoms with Crippen molar-refractivity contribution in [3.05, 3.63) is 35.1 Å². The van der Waals surface area contributed by atoms with Crippen molar-refractivity contribution in [2.24, 2.45) is 10.9 Å². The number of aryl methyl sites for hydroxylation is 1. The molecule has 0 aliphatic heterocycles. The molecule has 5 nitrogen and oxygen atoms in total. The van der Waals surface area contributed by atoms with Crippen molar-refractivity contribution in [3.8, 4) is 0 Å². The smallest absolute Gasteiger partial charge is 0.254 e. The van der Waals surface area contributed by atoms with Crippen molar-refractivity contribution < 1.29 is 14.4 Å². The van der Waals surface area contributed by atoms with Crippen LogP contribution in [0, 0.1) is 12.7 Å². The molecule has 20 heavy (non-hydrogen) atoms. The number of halogens is 1. The second-order valence-corrected chi connectivity index (χ2v) is 5.04. The molecule has 0 spiro atoms. The van der Waals surface area contributed by atoms with E-state index in [2.05, 4.69) is 5.16 Å². The fraction of sp³-hybridized carbons (Fsp3) is 0.429. The molecule has 6 heteroatoms. The zero-order valence-corrected chi connectivity index (χ0v) is 11.3. The topological polar surface area (TPSA) is 78.9 Å². The second kappa shape index (κ2) is 5.90. The van der Waals surface area contributed by atoms with Crippen LogP contribution in [-0.4, -0.2) is 34.4 Å². The molecule has 1 aromatic carbocycles. The quantitative estimate of drug-likeness (QED) is 0.374. The van der Waals surface area contributed by atoms with E-state index in [1.54, 1.807) is 24.0 Å². The van der Waals surface area contributed by atoms with Crippen molar-refractivity contribution >= 4 is 11.7 Å². The van der Waals surface area contributed by atoms with Gasteiger partial charge in [0, 0.05) is 24.6 Å². The Morgan fingerprint density at radius 2 is 2.25 bits per heavy atom. The van der Waals surface area contributed by atoms with Crippen LogP contribution in [0.4, 0.5) is 4.39 Å². The zero-order valence-electron chi connectivity index (χ0n) is 11.3. The van der Waals surface area contributed by atoms with Crippen LogP contribution in [0.5, 0.6) is 0 Å². The van der Waals surface area contributed by atoms with Crippen molar-refractivity contribution in [2.45, 2.75) is 32.2 Å². The van der Waals surface area contributed by atoms with E-state index in [-0.39, 0.29) is 23.6 Å². The third kappa shape index (κ3) is 3.26. The molecule has 3 N–H and O–H groups in total. The van der Waals surface area contributed by atoms with Crippen LogP contribution < -0.4 is 5.73 Å². The van der Waals surface area contributed by atoms with Crippen LogP contribution in [0.1, 0.15) is 35.2 Å². The maximum absolute atomic E-state index is 13.5. The Morgan fingerprint density at radius 1 is 1.55 bits per heavy atom. The summed E-state index contributed by atoms with van der Waals surface area (Å²) in [4.78, 5) is 14.1. The van der Waals surface area contributed by atoms with Gasteiger partial charge in [0.25, 0.3) is 5.91 Å². The molecule has 2 rings (SSSR count). The Labute approximate surface area is 116 Å². The summed E-state index contributed by atoms with van der Waals surface area (Å²) >= 11 is 0. The molecule has 0 aromatic heterocycles. The summed E-state index contributed by atoms with van der Waals surface area (Å²) in [7, 11) is 0. The van der Waals surface area contributed by atoms with Gasteiger partial charge in [-0.05, 0) is 37.5 Å². The lowest BCUT2D eigenvalue weighted by Crippen LogP contribution is -2.36. The van der Waals surface area contributed by atoms with Gasteiger partial charge in [-0.25, -0.2) is 4.39 Å². The van der Waals surface area contributed by atoms with Crippen LogP contribution in [-0.2, 0) is 0 Å². The Hall–Kier alpha value is -2.11. The van der Waals surface area contributed by atoms with Gasteiger partial charge in [-0.2, -0.15) is 0 Å². The standard InChI is InChI=1S/C14H18FN3O2/c1-9-2-3-10(8-12(9)15)14(19)18(11-4-5-11)7-6-13(16)17-20/h2-3,8,11,20H,4-7H2,1H3,(H2,16,17). The predicted molar refractivity (Wildman–Crippen MR) is 73.2 cm³/mol. The summed E-state index contributed by atoms with van der Waals surface area (Å²) < 4.78 is 13.5. The number of hydrogen-bond donors (Lipinski definition) is 2. The Kier molecular flexibility index (Phi) is 4.22. The number of carbonyl (C=O) groups is 1. The van der Waals surface area contributed by atoms with Gasteiger partial charge < -0.3 is 15.8 Å². The van der Waals surface area contributed by atoms with E-state index in [4.69, 9.17) is 10.9 Å². The first-order valence-corrected chi connectivity index (χ1v) is 6.56. The molecule has 108 valence electrons. The van der Waals surface area contributed by atoms with Crippen LogP contribution in [0.2, 0.25) is 0 Å². The van der Waals surface area contributed by atoms with Crippen molar-refractivity contribution in [3.63, 3.8) is 0 Å². The number of oxime groups is 1. The largest absolute Gasteiger partial charge is 0.409 e. The molecular formula is C14H18FN3O2. The molecule has 0 bridgehead atoms. The van der Waals surface area contributed by atoms with Crippen LogP contribution in [0.3, 0.4) is 0 Å². The lowest BCUT2D eigenvalue weighted by atomic mass is 10.1. The first-order valence-electron chi connectivity index (χ1n) is 6.56. The molecule has 1 aromatic rings. The number of carbonyl (C=O) groups excluding carboxylic acids is 1. The lowest BCUT2D eigenvalue weighted by molar-refractivity contribution is 0.0747. The van der Waals surface area contributed by atoms with Gasteiger partial charge in [-0.1, -0.05) is 11.2 Å².